The van der Waals surface area contributed by atoms with Crippen molar-refractivity contribution >= 4 is 0 Å². The van der Waals surface area contributed by atoms with E-state index in [4.69, 9.17) is 10.8 Å². The largest absolute Gasteiger partial charge is 0.395 e. The zero-order chi connectivity index (χ0) is 10.0. The predicted octanol–water partition coefficient (Wildman–Crippen LogP) is -3.64. The summed E-state index contributed by atoms with van der Waals surface area (Å²) in [5, 5.41) is 39.7. The molecule has 1 fully saturated rings. The van der Waals surface area contributed by atoms with Gasteiger partial charge >= 0.3 is 0 Å². The van der Waals surface area contributed by atoms with E-state index in [9.17, 15) is 15.3 Å². The standard InChI is InChI=1S/C7H16N2O4/c8-3-1-9-4(2-10)6(12)7(13)5(3)11/h3-7,9-13H,1-2,8H2/t3-,4-,5+,6+,7+/m0/s1. The summed E-state index contributed by atoms with van der Waals surface area (Å²) in [6, 6.07) is -1.28. The first-order valence-electron chi connectivity index (χ1n) is 4.22. The molecule has 0 unspecified atom stereocenters. The van der Waals surface area contributed by atoms with E-state index in [1.54, 1.807) is 0 Å². The Morgan fingerprint density at radius 1 is 1.15 bits per heavy atom. The maximum atomic E-state index is 9.42. The second kappa shape index (κ2) is 4.32. The van der Waals surface area contributed by atoms with Gasteiger partial charge in [0.05, 0.1) is 24.9 Å². The van der Waals surface area contributed by atoms with Crippen LogP contribution in [0.25, 0.3) is 0 Å². The van der Waals surface area contributed by atoms with Crippen LogP contribution in [0.5, 0.6) is 0 Å². The number of aliphatic hydroxyl groups is 4. The van der Waals surface area contributed by atoms with Crippen LogP contribution in [0, 0.1) is 0 Å². The van der Waals surface area contributed by atoms with Gasteiger partial charge in [0, 0.05) is 12.6 Å². The fourth-order valence-electron chi connectivity index (χ4n) is 1.39. The molecule has 1 aliphatic rings. The van der Waals surface area contributed by atoms with E-state index in [1.165, 1.54) is 0 Å². The zero-order valence-electron chi connectivity index (χ0n) is 7.17. The van der Waals surface area contributed by atoms with Crippen molar-refractivity contribution in [1.29, 1.82) is 0 Å². The van der Waals surface area contributed by atoms with Crippen molar-refractivity contribution in [3.8, 4) is 0 Å². The second-order valence-electron chi connectivity index (χ2n) is 3.33. The Kier molecular flexibility index (Phi) is 3.60. The first-order chi connectivity index (χ1) is 6.07. The Hall–Kier alpha value is -0.240. The minimum Gasteiger partial charge on any atom is -0.395 e. The molecule has 1 rings (SSSR count). The predicted molar refractivity (Wildman–Crippen MR) is 44.9 cm³/mol. The number of aliphatic hydroxyl groups excluding tert-OH is 4. The Morgan fingerprint density at radius 2 is 1.77 bits per heavy atom. The lowest BCUT2D eigenvalue weighted by Crippen LogP contribution is -2.49. The molecular formula is C7H16N2O4. The average molecular weight is 192 g/mol. The maximum Gasteiger partial charge on any atom is 0.109 e. The molecule has 6 nitrogen and oxygen atoms in total. The topological polar surface area (TPSA) is 119 Å². The molecule has 0 saturated carbocycles. The molecule has 5 atom stereocenters. The number of nitrogens with two attached hydrogens (primary N) is 1. The third-order valence-corrected chi connectivity index (χ3v) is 2.36. The van der Waals surface area contributed by atoms with Crippen LogP contribution in [0.1, 0.15) is 0 Å². The quantitative estimate of drug-likeness (QED) is 0.255. The van der Waals surface area contributed by atoms with Crippen LogP contribution in [0.4, 0.5) is 0 Å². The van der Waals surface area contributed by atoms with Crippen LogP contribution in [-0.2, 0) is 0 Å². The van der Waals surface area contributed by atoms with E-state index >= 15 is 0 Å². The fraction of sp³-hybridized carbons (Fsp3) is 1.00. The normalized spacial score (nSPS) is 47.3. The summed E-state index contributed by atoms with van der Waals surface area (Å²) in [5.74, 6) is 0. The van der Waals surface area contributed by atoms with Crippen molar-refractivity contribution in [2.24, 2.45) is 5.73 Å². The first kappa shape index (κ1) is 10.8. The van der Waals surface area contributed by atoms with Crippen molar-refractivity contribution in [2.75, 3.05) is 13.2 Å². The maximum absolute atomic E-state index is 9.42. The molecule has 0 aromatic heterocycles. The van der Waals surface area contributed by atoms with Gasteiger partial charge in [0.2, 0.25) is 0 Å². The number of nitrogens with one attached hydrogen (secondary N) is 1. The van der Waals surface area contributed by atoms with Crippen LogP contribution >= 0.6 is 0 Å². The number of rotatable bonds is 1. The number of hydrogen-bond donors (Lipinski definition) is 6. The molecule has 0 aromatic rings. The highest BCUT2D eigenvalue weighted by atomic mass is 16.4. The zero-order valence-corrected chi connectivity index (χ0v) is 7.17. The third kappa shape index (κ3) is 2.16. The Balaban J connectivity index is 2.69. The Labute approximate surface area is 76.0 Å². The van der Waals surface area contributed by atoms with Crippen molar-refractivity contribution in [1.82, 2.24) is 5.32 Å². The average Bonchev–Trinajstić information content (AvgIpc) is 2.22. The van der Waals surface area contributed by atoms with Gasteiger partial charge in [0.1, 0.15) is 6.10 Å². The molecule has 0 radical (unpaired) electrons. The molecular weight excluding hydrogens is 176 g/mol. The van der Waals surface area contributed by atoms with E-state index in [2.05, 4.69) is 5.32 Å². The summed E-state index contributed by atoms with van der Waals surface area (Å²) < 4.78 is 0. The highest BCUT2D eigenvalue weighted by molar-refractivity contribution is 4.94. The van der Waals surface area contributed by atoms with Gasteiger partial charge in [-0.15, -0.1) is 0 Å². The molecule has 6 heteroatoms. The van der Waals surface area contributed by atoms with Gasteiger partial charge in [0.25, 0.3) is 0 Å². The molecule has 0 amide bonds. The van der Waals surface area contributed by atoms with Crippen molar-refractivity contribution in [3.63, 3.8) is 0 Å². The van der Waals surface area contributed by atoms with Gasteiger partial charge in [0.15, 0.2) is 0 Å². The molecule has 1 heterocycles. The van der Waals surface area contributed by atoms with Gasteiger partial charge in [-0.2, -0.15) is 0 Å². The lowest BCUT2D eigenvalue weighted by molar-refractivity contribution is -0.0714. The highest BCUT2D eigenvalue weighted by Gasteiger charge is 2.37. The van der Waals surface area contributed by atoms with Crippen molar-refractivity contribution in [2.45, 2.75) is 30.4 Å². The molecule has 0 spiro atoms. The molecule has 1 saturated heterocycles. The minimum absolute atomic E-state index is 0.251. The fourth-order valence-corrected chi connectivity index (χ4v) is 1.39. The van der Waals surface area contributed by atoms with Crippen molar-refractivity contribution < 1.29 is 20.4 Å². The van der Waals surface area contributed by atoms with E-state index in [1.807, 2.05) is 0 Å². The van der Waals surface area contributed by atoms with Gasteiger partial charge in [-0.3, -0.25) is 0 Å². The first-order valence-corrected chi connectivity index (χ1v) is 4.22. The van der Waals surface area contributed by atoms with Gasteiger partial charge in [-0.05, 0) is 0 Å². The summed E-state index contributed by atoms with van der Waals surface area (Å²) in [7, 11) is 0. The van der Waals surface area contributed by atoms with Gasteiger partial charge in [-0.25, -0.2) is 0 Å². The minimum atomic E-state index is -1.32. The smallest absolute Gasteiger partial charge is 0.109 e. The van der Waals surface area contributed by atoms with Crippen LogP contribution in [0.15, 0.2) is 0 Å². The van der Waals surface area contributed by atoms with E-state index in [-0.39, 0.29) is 13.2 Å². The summed E-state index contributed by atoms with van der Waals surface area (Å²) in [4.78, 5) is 0. The molecule has 1 aliphatic heterocycles. The Morgan fingerprint density at radius 3 is 2.31 bits per heavy atom. The number of hydrogen-bond acceptors (Lipinski definition) is 6. The molecule has 0 aliphatic carbocycles. The molecule has 7 N–H and O–H groups in total. The van der Waals surface area contributed by atoms with E-state index < -0.39 is 30.4 Å². The molecule has 0 aromatic carbocycles. The van der Waals surface area contributed by atoms with Gasteiger partial charge in [-0.1, -0.05) is 0 Å². The molecule has 0 bridgehead atoms. The second-order valence-corrected chi connectivity index (χ2v) is 3.33. The summed E-state index contributed by atoms with van der Waals surface area (Å²) in [6.07, 6.45) is -3.69. The van der Waals surface area contributed by atoms with E-state index in [0.717, 1.165) is 0 Å². The summed E-state index contributed by atoms with van der Waals surface area (Å²) in [5.41, 5.74) is 5.48. The summed E-state index contributed by atoms with van der Waals surface area (Å²) >= 11 is 0. The van der Waals surface area contributed by atoms with Gasteiger partial charge < -0.3 is 31.5 Å². The Bertz CT molecular complexity index is 167. The molecule has 13 heavy (non-hydrogen) atoms. The van der Waals surface area contributed by atoms with Crippen LogP contribution in [-0.4, -0.2) is 64.0 Å². The SMILES string of the molecule is N[C@H]1CN[C@@H](CO)[C@@H](O)[C@H](O)[C@@H]1O. The highest BCUT2D eigenvalue weighted by Crippen LogP contribution is 2.10. The van der Waals surface area contributed by atoms with Crippen LogP contribution < -0.4 is 11.1 Å². The monoisotopic (exact) mass is 192 g/mol. The van der Waals surface area contributed by atoms with Crippen LogP contribution in [0.2, 0.25) is 0 Å². The molecule has 78 valence electrons. The van der Waals surface area contributed by atoms with Crippen molar-refractivity contribution in [3.05, 3.63) is 0 Å². The lowest BCUT2D eigenvalue weighted by atomic mass is 10.0. The summed E-state index contributed by atoms with van der Waals surface area (Å²) in [6.45, 7) is -0.0574. The third-order valence-electron chi connectivity index (χ3n) is 2.36. The lowest BCUT2D eigenvalue weighted by Gasteiger charge is -2.24. The van der Waals surface area contributed by atoms with E-state index in [0.29, 0.717) is 0 Å². The van der Waals surface area contributed by atoms with Crippen LogP contribution in [0.3, 0.4) is 0 Å².